The van der Waals surface area contributed by atoms with Crippen LogP contribution in [0.4, 0.5) is 5.69 Å². The second-order valence-corrected chi connectivity index (χ2v) is 9.57. The third-order valence-corrected chi connectivity index (χ3v) is 6.39. The van der Waals surface area contributed by atoms with Crippen molar-refractivity contribution in [1.82, 2.24) is 10.2 Å². The first-order valence-corrected chi connectivity index (χ1v) is 12.8. The summed E-state index contributed by atoms with van der Waals surface area (Å²) in [5, 5.41) is 2.76. The number of anilines is 1. The van der Waals surface area contributed by atoms with Gasteiger partial charge >= 0.3 is 0 Å². The van der Waals surface area contributed by atoms with Gasteiger partial charge in [0.2, 0.25) is 21.8 Å². The van der Waals surface area contributed by atoms with E-state index in [1.165, 1.54) is 12.0 Å². The predicted molar refractivity (Wildman–Crippen MR) is 131 cm³/mol. The molecule has 0 heterocycles. The number of hydrogen-bond acceptors (Lipinski definition) is 6. The molecule has 2 rings (SSSR count). The Labute approximate surface area is 201 Å². The number of benzene rings is 2. The number of ether oxygens (including phenoxy) is 2. The molecule has 2 aromatic carbocycles. The van der Waals surface area contributed by atoms with Gasteiger partial charge in [0, 0.05) is 19.2 Å². The lowest BCUT2D eigenvalue weighted by Gasteiger charge is -2.32. The maximum Gasteiger partial charge on any atom is 0.244 e. The molecule has 0 radical (unpaired) electrons. The SMILES string of the molecule is CCNC(=O)[C@@H](CC)N(Cc1cccc(OC)c1)C(=O)CN(c1cccc(OC)c1)S(C)(=O)=O. The highest BCUT2D eigenvalue weighted by molar-refractivity contribution is 7.92. The van der Waals surface area contributed by atoms with E-state index in [4.69, 9.17) is 9.47 Å². The Kier molecular flexibility index (Phi) is 9.73. The number of amides is 2. The molecule has 0 aliphatic rings. The van der Waals surface area contributed by atoms with Crippen LogP contribution in [-0.2, 0) is 26.2 Å². The summed E-state index contributed by atoms with van der Waals surface area (Å²) in [6.07, 6.45) is 1.40. The number of hydrogen-bond donors (Lipinski definition) is 1. The van der Waals surface area contributed by atoms with E-state index in [0.717, 1.165) is 16.1 Å². The summed E-state index contributed by atoms with van der Waals surface area (Å²) < 4.78 is 36.7. The van der Waals surface area contributed by atoms with Crippen molar-refractivity contribution in [2.75, 3.05) is 37.9 Å². The summed E-state index contributed by atoms with van der Waals surface area (Å²) in [5.41, 5.74) is 1.05. The third-order valence-electron chi connectivity index (χ3n) is 5.24. The zero-order chi connectivity index (χ0) is 25.3. The fraction of sp³-hybridized carbons (Fsp3) is 0.417. The highest BCUT2D eigenvalue weighted by Crippen LogP contribution is 2.24. The lowest BCUT2D eigenvalue weighted by atomic mass is 10.1. The van der Waals surface area contributed by atoms with Crippen molar-refractivity contribution in [2.24, 2.45) is 0 Å². The van der Waals surface area contributed by atoms with Gasteiger partial charge in [-0.1, -0.05) is 25.1 Å². The third kappa shape index (κ3) is 7.11. The second kappa shape index (κ2) is 12.3. The van der Waals surface area contributed by atoms with Crippen LogP contribution >= 0.6 is 0 Å². The van der Waals surface area contributed by atoms with E-state index in [9.17, 15) is 18.0 Å². The Morgan fingerprint density at radius 1 is 1.00 bits per heavy atom. The van der Waals surface area contributed by atoms with Crippen molar-refractivity contribution in [1.29, 1.82) is 0 Å². The van der Waals surface area contributed by atoms with Gasteiger partial charge < -0.3 is 19.7 Å². The molecule has 9 nitrogen and oxygen atoms in total. The molecule has 10 heteroatoms. The molecule has 34 heavy (non-hydrogen) atoms. The molecule has 2 amide bonds. The van der Waals surface area contributed by atoms with E-state index in [-0.39, 0.29) is 12.5 Å². The predicted octanol–water partition coefficient (Wildman–Crippen LogP) is 2.41. The van der Waals surface area contributed by atoms with Crippen LogP contribution in [0.5, 0.6) is 11.5 Å². The first kappa shape index (κ1) is 27.0. The zero-order valence-electron chi connectivity index (χ0n) is 20.3. The van der Waals surface area contributed by atoms with Gasteiger partial charge in [0.25, 0.3) is 0 Å². The minimum Gasteiger partial charge on any atom is -0.497 e. The molecule has 0 saturated carbocycles. The van der Waals surface area contributed by atoms with E-state index in [1.54, 1.807) is 56.5 Å². The average molecular weight is 492 g/mol. The standard InChI is InChI=1S/C24H33N3O6S/c1-6-22(24(29)25-7-2)26(16-18-10-8-12-20(14-18)32-3)23(28)17-27(34(5,30)31)19-11-9-13-21(15-19)33-4/h8-15,22H,6-7,16-17H2,1-5H3,(H,25,29)/t22-/m1/s1. The number of nitrogens with zero attached hydrogens (tertiary/aromatic N) is 2. The first-order chi connectivity index (χ1) is 16.1. The molecule has 2 aromatic rings. The van der Waals surface area contributed by atoms with E-state index < -0.39 is 28.5 Å². The normalized spacial score (nSPS) is 11.9. The van der Waals surface area contributed by atoms with Gasteiger partial charge in [-0.3, -0.25) is 13.9 Å². The monoisotopic (exact) mass is 491 g/mol. The molecule has 0 aliphatic carbocycles. The Morgan fingerprint density at radius 3 is 2.18 bits per heavy atom. The van der Waals surface area contributed by atoms with E-state index >= 15 is 0 Å². The highest BCUT2D eigenvalue weighted by Gasteiger charge is 2.31. The summed E-state index contributed by atoms with van der Waals surface area (Å²) >= 11 is 0. The molecule has 0 fully saturated rings. The van der Waals surface area contributed by atoms with Crippen LogP contribution in [0.2, 0.25) is 0 Å². The van der Waals surface area contributed by atoms with Gasteiger partial charge in [0.1, 0.15) is 24.1 Å². The fourth-order valence-electron chi connectivity index (χ4n) is 3.56. The Morgan fingerprint density at radius 2 is 1.62 bits per heavy atom. The maximum absolute atomic E-state index is 13.6. The Balaban J connectivity index is 2.45. The summed E-state index contributed by atoms with van der Waals surface area (Å²) in [7, 11) is -0.788. The summed E-state index contributed by atoms with van der Waals surface area (Å²) in [6, 6.07) is 12.9. The quantitative estimate of drug-likeness (QED) is 0.489. The zero-order valence-corrected chi connectivity index (χ0v) is 21.1. The molecule has 186 valence electrons. The lowest BCUT2D eigenvalue weighted by molar-refractivity contribution is -0.140. The van der Waals surface area contributed by atoms with Crippen molar-refractivity contribution in [3.63, 3.8) is 0 Å². The minimum atomic E-state index is -3.81. The Bertz CT molecular complexity index is 1090. The van der Waals surface area contributed by atoms with Gasteiger partial charge in [-0.2, -0.15) is 0 Å². The number of likely N-dealkylation sites (N-methyl/N-ethyl adjacent to an activating group) is 1. The highest BCUT2D eigenvalue weighted by atomic mass is 32.2. The van der Waals surface area contributed by atoms with Crippen molar-refractivity contribution in [3.05, 3.63) is 54.1 Å². The van der Waals surface area contributed by atoms with Crippen molar-refractivity contribution < 1.29 is 27.5 Å². The molecule has 0 aliphatic heterocycles. The van der Waals surface area contributed by atoms with E-state index in [0.29, 0.717) is 30.2 Å². The number of rotatable bonds is 12. The smallest absolute Gasteiger partial charge is 0.244 e. The van der Waals surface area contributed by atoms with Crippen molar-refractivity contribution in [2.45, 2.75) is 32.9 Å². The second-order valence-electron chi connectivity index (χ2n) is 7.66. The first-order valence-electron chi connectivity index (χ1n) is 11.0. The van der Waals surface area contributed by atoms with Crippen LogP contribution in [-0.4, -0.2) is 64.7 Å². The summed E-state index contributed by atoms with van der Waals surface area (Å²) in [6.45, 7) is 3.66. The topological polar surface area (TPSA) is 105 Å². The molecule has 0 aromatic heterocycles. The van der Waals surface area contributed by atoms with Gasteiger partial charge in [-0.25, -0.2) is 8.42 Å². The van der Waals surface area contributed by atoms with Gasteiger partial charge in [0.05, 0.1) is 26.2 Å². The Hall–Kier alpha value is -3.27. The van der Waals surface area contributed by atoms with Crippen LogP contribution in [0, 0.1) is 0 Å². The molecule has 0 saturated heterocycles. The molecule has 0 unspecified atom stereocenters. The van der Waals surface area contributed by atoms with Gasteiger partial charge in [-0.15, -0.1) is 0 Å². The van der Waals surface area contributed by atoms with Gasteiger partial charge in [-0.05, 0) is 43.2 Å². The van der Waals surface area contributed by atoms with E-state index in [1.807, 2.05) is 13.0 Å². The number of nitrogens with one attached hydrogen (secondary N) is 1. The summed E-state index contributed by atoms with van der Waals surface area (Å²) in [4.78, 5) is 27.8. The number of sulfonamides is 1. The number of carbonyl (C=O) groups excluding carboxylic acids is 2. The molecule has 0 bridgehead atoms. The maximum atomic E-state index is 13.6. The lowest BCUT2D eigenvalue weighted by Crippen LogP contribution is -2.52. The molecular formula is C24H33N3O6S. The number of methoxy groups -OCH3 is 2. The van der Waals surface area contributed by atoms with Crippen molar-refractivity contribution >= 4 is 27.5 Å². The largest absolute Gasteiger partial charge is 0.497 e. The molecule has 1 atom stereocenters. The van der Waals surface area contributed by atoms with Crippen LogP contribution in [0.1, 0.15) is 25.8 Å². The van der Waals surface area contributed by atoms with Crippen LogP contribution in [0.15, 0.2) is 48.5 Å². The number of carbonyl (C=O) groups is 2. The fourth-order valence-corrected chi connectivity index (χ4v) is 4.40. The summed E-state index contributed by atoms with van der Waals surface area (Å²) in [5.74, 6) is 0.272. The molecule has 1 N–H and O–H groups in total. The van der Waals surface area contributed by atoms with Gasteiger partial charge in [0.15, 0.2) is 0 Å². The minimum absolute atomic E-state index is 0.112. The van der Waals surface area contributed by atoms with Crippen LogP contribution in [0.3, 0.4) is 0 Å². The molecular weight excluding hydrogens is 458 g/mol. The van der Waals surface area contributed by atoms with Crippen LogP contribution < -0.4 is 19.1 Å². The molecule has 0 spiro atoms. The van der Waals surface area contributed by atoms with Crippen molar-refractivity contribution in [3.8, 4) is 11.5 Å². The van der Waals surface area contributed by atoms with Crippen LogP contribution in [0.25, 0.3) is 0 Å². The van der Waals surface area contributed by atoms with E-state index in [2.05, 4.69) is 5.32 Å². The average Bonchev–Trinajstić information content (AvgIpc) is 2.81.